The second kappa shape index (κ2) is 13.4. The number of sulfone groups is 1. The van der Waals surface area contributed by atoms with Crippen molar-refractivity contribution in [2.24, 2.45) is 28.6 Å². The van der Waals surface area contributed by atoms with Gasteiger partial charge in [-0.3, -0.25) is 19.2 Å². The van der Waals surface area contributed by atoms with Gasteiger partial charge < -0.3 is 26.2 Å². The molecule has 1 unspecified atom stereocenters. The van der Waals surface area contributed by atoms with Crippen LogP contribution in [0, 0.1) is 35.5 Å². The van der Waals surface area contributed by atoms with E-state index in [4.69, 9.17) is 0 Å². The number of carbonyl (C=O) groups excluding carboxylic acids is 5. The van der Waals surface area contributed by atoms with E-state index in [0.29, 0.717) is 6.54 Å². The average molecular weight is 688 g/mol. The highest BCUT2D eigenvalue weighted by Gasteiger charge is 2.70. The summed E-state index contributed by atoms with van der Waals surface area (Å²) in [6, 6.07) is 2.65. The number of hydrogen-bond donors (Lipinski definition) is 4. The third-order valence-corrected chi connectivity index (χ3v) is 11.6. The van der Waals surface area contributed by atoms with Crippen LogP contribution in [0.1, 0.15) is 86.6 Å². The average Bonchev–Trinajstić information content (AvgIpc) is 3.25. The molecule has 5 atom stereocenters. The summed E-state index contributed by atoms with van der Waals surface area (Å²) in [6.07, 6.45) is 2.92. The number of piperidine rings is 1. The Labute approximate surface area is 284 Å². The van der Waals surface area contributed by atoms with E-state index in [1.54, 1.807) is 12.1 Å². The number of nitrogens with one attached hydrogen (secondary N) is 4. The first kappa shape index (κ1) is 37.3. The fourth-order valence-electron chi connectivity index (χ4n) is 6.92. The van der Waals surface area contributed by atoms with Crippen LogP contribution < -0.4 is 21.3 Å². The number of rotatable bonds is 11. The van der Waals surface area contributed by atoms with Gasteiger partial charge >= 0.3 is 6.03 Å². The summed E-state index contributed by atoms with van der Waals surface area (Å²) < 4.78 is 25.6. The first-order valence-electron chi connectivity index (χ1n) is 16.8. The van der Waals surface area contributed by atoms with Crippen LogP contribution in [0.4, 0.5) is 4.79 Å². The normalized spacial score (nSPS) is 23.2. The van der Waals surface area contributed by atoms with E-state index in [-0.39, 0.29) is 34.5 Å². The molecule has 1 heterocycles. The largest absolute Gasteiger partial charge is 0.344 e. The Balaban J connectivity index is 1.52. The fourth-order valence-corrected chi connectivity index (χ4v) is 7.96. The maximum Gasteiger partial charge on any atom is 0.315 e. The zero-order valence-electron chi connectivity index (χ0n) is 29.7. The fraction of sp³-hybridized carbons (Fsp3) is 0.686. The third-order valence-electron chi connectivity index (χ3n) is 10.1. The molecule has 0 bridgehead atoms. The minimum atomic E-state index is -3.90. The van der Waals surface area contributed by atoms with Gasteiger partial charge in [0.15, 0.2) is 9.84 Å². The SMILES string of the molecule is Cc1ccc(S(=O)(=O)CNC(=O)C(=O)C(CC2CCC2)NC(=O)[C@@H]2[C@@H]3[C@H](CN2C(=O)[C@@H](NC(=O)NC(C)(C)C)C(C)(C)C)C3(C)C)cc1. The number of benzene rings is 1. The Morgan fingerprint density at radius 3 is 2.08 bits per heavy atom. The van der Waals surface area contributed by atoms with Crippen molar-refractivity contribution < 1.29 is 32.4 Å². The summed E-state index contributed by atoms with van der Waals surface area (Å²) in [5, 5.41) is 10.7. The van der Waals surface area contributed by atoms with Gasteiger partial charge in [0.1, 0.15) is 18.0 Å². The van der Waals surface area contributed by atoms with Crippen LogP contribution in [0.15, 0.2) is 29.2 Å². The number of hydrogen-bond acceptors (Lipinski definition) is 7. The van der Waals surface area contributed by atoms with E-state index >= 15 is 0 Å². The molecule has 1 aromatic rings. The van der Waals surface area contributed by atoms with Gasteiger partial charge in [0.05, 0.1) is 10.9 Å². The summed E-state index contributed by atoms with van der Waals surface area (Å²) >= 11 is 0. The molecule has 12 nitrogen and oxygen atoms in total. The second-order valence-electron chi connectivity index (χ2n) is 16.6. The van der Waals surface area contributed by atoms with Crippen molar-refractivity contribution >= 4 is 39.4 Å². The molecule has 1 saturated heterocycles. The Kier molecular flexibility index (Phi) is 10.5. The smallest absolute Gasteiger partial charge is 0.315 e. The molecule has 1 aliphatic heterocycles. The number of Topliss-reactive ketones (excluding diaryl/α,β-unsaturated/α-hetero) is 1. The highest BCUT2D eigenvalue weighted by molar-refractivity contribution is 7.91. The van der Waals surface area contributed by atoms with Gasteiger partial charge in [0, 0.05) is 12.1 Å². The standard InChI is InChI=1S/C35H53N5O7S/c1-20-13-15-22(16-14-20)48(46,47)19-36-30(43)27(41)24(17-21-11-10-12-21)37-29(42)26-25-23(35(25,8)9)18-40(26)31(44)28(33(2,3)4)38-32(45)39-34(5,6)7/h13-16,21,23-26,28H,10-12,17-19H2,1-9H3,(H,36,43)(H,37,42)(H2,38,39,45)/t23-,24?,25-,26-,28+/m0/s1. The minimum absolute atomic E-state index is 0.0201. The molecule has 4 rings (SSSR count). The van der Waals surface area contributed by atoms with E-state index < -0.39 is 74.3 Å². The molecule has 1 aromatic carbocycles. The molecule has 2 saturated carbocycles. The number of amides is 5. The number of urea groups is 1. The molecule has 13 heteroatoms. The molecule has 0 radical (unpaired) electrons. The third kappa shape index (κ3) is 8.38. The maximum atomic E-state index is 14.2. The Morgan fingerprint density at radius 2 is 1.56 bits per heavy atom. The molecule has 0 aromatic heterocycles. The number of fused-ring (bicyclic) bond motifs is 1. The van der Waals surface area contributed by atoms with E-state index in [9.17, 15) is 32.4 Å². The number of ketones is 1. The van der Waals surface area contributed by atoms with Gasteiger partial charge in [-0.2, -0.15) is 0 Å². The Hall–Kier alpha value is -3.48. The molecule has 266 valence electrons. The van der Waals surface area contributed by atoms with E-state index in [0.717, 1.165) is 24.8 Å². The monoisotopic (exact) mass is 687 g/mol. The molecule has 3 fully saturated rings. The minimum Gasteiger partial charge on any atom is -0.344 e. The van der Waals surface area contributed by atoms with Gasteiger partial charge in [-0.1, -0.05) is 71.6 Å². The predicted octanol–water partition coefficient (Wildman–Crippen LogP) is 3.08. The van der Waals surface area contributed by atoms with Crippen molar-refractivity contribution in [3.8, 4) is 0 Å². The predicted molar refractivity (Wildman–Crippen MR) is 181 cm³/mol. The molecule has 4 N–H and O–H groups in total. The lowest BCUT2D eigenvalue weighted by molar-refractivity contribution is -0.145. The quantitative estimate of drug-likeness (QED) is 0.259. The van der Waals surface area contributed by atoms with Crippen LogP contribution in [-0.4, -0.2) is 78.9 Å². The van der Waals surface area contributed by atoms with Crippen molar-refractivity contribution in [1.82, 2.24) is 26.2 Å². The van der Waals surface area contributed by atoms with Crippen LogP contribution in [0.5, 0.6) is 0 Å². The molecule has 48 heavy (non-hydrogen) atoms. The molecule has 3 aliphatic rings. The molecular weight excluding hydrogens is 634 g/mol. The summed E-state index contributed by atoms with van der Waals surface area (Å²) in [6.45, 7) is 17.3. The van der Waals surface area contributed by atoms with Crippen LogP contribution in [0.2, 0.25) is 0 Å². The van der Waals surface area contributed by atoms with Gasteiger partial charge in [0.25, 0.3) is 5.91 Å². The van der Waals surface area contributed by atoms with Gasteiger partial charge in [-0.25, -0.2) is 13.2 Å². The van der Waals surface area contributed by atoms with Crippen molar-refractivity contribution in [3.05, 3.63) is 29.8 Å². The molecule has 5 amide bonds. The number of aryl methyl sites for hydroxylation is 1. The second-order valence-corrected chi connectivity index (χ2v) is 18.6. The van der Waals surface area contributed by atoms with Crippen LogP contribution >= 0.6 is 0 Å². The Bertz CT molecular complexity index is 1540. The topological polar surface area (TPSA) is 171 Å². The first-order chi connectivity index (χ1) is 22.0. The highest BCUT2D eigenvalue weighted by Crippen LogP contribution is 2.65. The van der Waals surface area contributed by atoms with E-state index in [1.165, 1.54) is 17.0 Å². The zero-order chi connectivity index (χ0) is 36.0. The summed E-state index contributed by atoms with van der Waals surface area (Å²) in [5.41, 5.74) is -0.559. The van der Waals surface area contributed by atoms with Crippen molar-refractivity contribution in [2.75, 3.05) is 12.4 Å². The van der Waals surface area contributed by atoms with Crippen molar-refractivity contribution in [2.45, 2.75) is 117 Å². The van der Waals surface area contributed by atoms with Crippen molar-refractivity contribution in [3.63, 3.8) is 0 Å². The van der Waals surface area contributed by atoms with Gasteiger partial charge in [-0.05, 0) is 74.8 Å². The number of likely N-dealkylation sites (tertiary alicyclic amines) is 1. The lowest BCUT2D eigenvalue weighted by Crippen LogP contribution is -2.62. The lowest BCUT2D eigenvalue weighted by atomic mass is 9.80. The lowest BCUT2D eigenvalue weighted by Gasteiger charge is -2.38. The van der Waals surface area contributed by atoms with Gasteiger partial charge in [-0.15, -0.1) is 0 Å². The van der Waals surface area contributed by atoms with Crippen LogP contribution in [-0.2, 0) is 29.0 Å². The van der Waals surface area contributed by atoms with Crippen LogP contribution in [0.3, 0.4) is 0 Å². The summed E-state index contributed by atoms with van der Waals surface area (Å²) in [7, 11) is -3.90. The van der Waals surface area contributed by atoms with Gasteiger partial charge in [0.2, 0.25) is 17.6 Å². The molecular formula is C35H53N5O7S. The Morgan fingerprint density at radius 1 is 0.958 bits per heavy atom. The zero-order valence-corrected chi connectivity index (χ0v) is 30.5. The number of carbonyl (C=O) groups is 5. The number of nitrogens with zero attached hydrogens (tertiary/aromatic N) is 1. The first-order valence-corrected chi connectivity index (χ1v) is 18.5. The molecule has 0 spiro atoms. The van der Waals surface area contributed by atoms with Crippen LogP contribution in [0.25, 0.3) is 0 Å². The maximum absolute atomic E-state index is 14.2. The molecule has 2 aliphatic carbocycles. The summed E-state index contributed by atoms with van der Waals surface area (Å²) in [5.74, 6) is -3.70. The summed E-state index contributed by atoms with van der Waals surface area (Å²) in [4.78, 5) is 69.3. The van der Waals surface area contributed by atoms with Crippen molar-refractivity contribution in [1.29, 1.82) is 0 Å². The highest BCUT2D eigenvalue weighted by atomic mass is 32.2. The van der Waals surface area contributed by atoms with E-state index in [1.807, 2.05) is 62.3 Å². The van der Waals surface area contributed by atoms with E-state index in [2.05, 4.69) is 21.3 Å².